The summed E-state index contributed by atoms with van der Waals surface area (Å²) >= 11 is 0. The van der Waals surface area contributed by atoms with E-state index in [9.17, 15) is 0 Å². The van der Waals surface area contributed by atoms with Crippen LogP contribution >= 0.6 is 0 Å². The molecule has 0 bridgehead atoms. The van der Waals surface area contributed by atoms with Gasteiger partial charge in [0.15, 0.2) is 0 Å². The van der Waals surface area contributed by atoms with Gasteiger partial charge in [0.05, 0.1) is 0 Å². The van der Waals surface area contributed by atoms with Crippen LogP contribution in [0.4, 0.5) is 0 Å². The molecule has 48 valence electrons. The van der Waals surface area contributed by atoms with Crippen molar-refractivity contribution in [3.05, 3.63) is 6.55 Å². The summed E-state index contributed by atoms with van der Waals surface area (Å²) in [5, 5.41) is 8.42. The average Bonchev–Trinajstić information content (AvgIpc) is 1.59. The van der Waals surface area contributed by atoms with Gasteiger partial charge in [0.1, 0.15) is 0 Å². The maximum atomic E-state index is 8.42. The van der Waals surface area contributed by atoms with E-state index in [1.165, 1.54) is 0 Å². The highest BCUT2D eigenvalue weighted by molar-refractivity contribution is 6.79. The second-order valence-electron chi connectivity index (χ2n) is 2.99. The molecule has 0 aliphatic heterocycles. The minimum absolute atomic E-state index is 0.325. The minimum Gasteiger partial charge on any atom is -0.396 e. The first kappa shape index (κ1) is 8.05. The summed E-state index contributed by atoms with van der Waals surface area (Å²) in [6.45, 7) is 8.78. The van der Waals surface area contributed by atoms with Crippen molar-refractivity contribution < 1.29 is 5.11 Å². The Hall–Kier alpha value is 0.0469. The summed E-state index contributed by atoms with van der Waals surface area (Å²) < 4.78 is 0. The van der Waals surface area contributed by atoms with E-state index in [-0.39, 0.29) is 0 Å². The third-order valence-corrected chi connectivity index (χ3v) is 2.72. The van der Waals surface area contributed by atoms with Crippen molar-refractivity contribution in [1.29, 1.82) is 0 Å². The molecule has 0 spiro atoms. The Labute approximate surface area is 52.7 Å². The van der Waals surface area contributed by atoms with Crippen LogP contribution in [0.2, 0.25) is 19.1 Å². The minimum atomic E-state index is -1.09. The van der Waals surface area contributed by atoms with Crippen LogP contribution in [0, 0.1) is 6.55 Å². The molecule has 0 aliphatic carbocycles. The average molecular weight is 131 g/mol. The van der Waals surface area contributed by atoms with Crippen molar-refractivity contribution in [2.75, 3.05) is 6.61 Å². The van der Waals surface area contributed by atoms with Crippen LogP contribution in [0.5, 0.6) is 0 Å². The lowest BCUT2D eigenvalue weighted by atomic mass is 10.5. The van der Waals surface area contributed by atoms with E-state index < -0.39 is 8.07 Å². The molecule has 8 heavy (non-hydrogen) atoms. The number of hydrogen-bond acceptors (Lipinski definition) is 1. The second-order valence-corrected chi connectivity index (χ2v) is 7.82. The largest absolute Gasteiger partial charge is 0.396 e. The molecule has 0 unspecified atom stereocenters. The van der Waals surface area contributed by atoms with E-state index in [2.05, 4.69) is 19.6 Å². The molecule has 1 N–H and O–H groups in total. The molecule has 0 aromatic heterocycles. The first-order valence-corrected chi connectivity index (χ1v) is 6.44. The molecule has 0 heterocycles. The molecular weight excluding hydrogens is 116 g/mol. The molecule has 0 atom stereocenters. The Balaban J connectivity index is 3.11. The normalized spacial score (nSPS) is 11.9. The third kappa shape index (κ3) is 6.05. The van der Waals surface area contributed by atoms with Crippen LogP contribution < -0.4 is 0 Å². The van der Waals surface area contributed by atoms with Gasteiger partial charge in [-0.15, -0.1) is 0 Å². The van der Waals surface area contributed by atoms with Crippen molar-refractivity contribution >= 4 is 8.07 Å². The van der Waals surface area contributed by atoms with Gasteiger partial charge >= 0.3 is 0 Å². The Kier molecular flexibility index (Phi) is 3.17. The van der Waals surface area contributed by atoms with Gasteiger partial charge in [0.25, 0.3) is 8.07 Å². The van der Waals surface area contributed by atoms with Crippen molar-refractivity contribution in [3.63, 3.8) is 0 Å². The Morgan fingerprint density at radius 3 is 2.12 bits per heavy atom. The Morgan fingerprint density at radius 1 is 1.50 bits per heavy atom. The zero-order valence-electron chi connectivity index (χ0n) is 5.78. The zero-order valence-corrected chi connectivity index (χ0v) is 6.78. The molecule has 0 aliphatic rings. The summed E-state index contributed by atoms with van der Waals surface area (Å²) in [5.74, 6) is 0. The zero-order chi connectivity index (χ0) is 6.62. The van der Waals surface area contributed by atoms with Crippen LogP contribution in [0.15, 0.2) is 0 Å². The van der Waals surface area contributed by atoms with Gasteiger partial charge in [0.2, 0.25) is 0 Å². The fourth-order valence-corrected chi connectivity index (χ4v) is 1.67. The van der Waals surface area contributed by atoms with Crippen LogP contribution in [-0.2, 0) is 0 Å². The fourth-order valence-electron chi connectivity index (χ4n) is 0.558. The second kappa shape index (κ2) is 3.15. The highest BCUT2D eigenvalue weighted by Gasteiger charge is 2.22. The van der Waals surface area contributed by atoms with E-state index >= 15 is 0 Å². The van der Waals surface area contributed by atoms with Gasteiger partial charge in [-0.25, -0.2) is 0 Å². The van der Waals surface area contributed by atoms with E-state index in [0.717, 1.165) is 12.5 Å². The summed E-state index contributed by atoms with van der Waals surface area (Å²) in [4.78, 5) is 0. The van der Waals surface area contributed by atoms with Crippen LogP contribution in [0.1, 0.15) is 6.42 Å². The lowest BCUT2D eigenvalue weighted by Gasteiger charge is -2.03. The molecule has 0 amide bonds. The number of rotatable bonds is 3. The summed E-state index contributed by atoms with van der Waals surface area (Å²) in [6.07, 6.45) is 0.933. The SMILES string of the molecule is [CH2+][Si](C)(C)CCCO. The van der Waals surface area contributed by atoms with Gasteiger partial charge in [-0.2, -0.15) is 0 Å². The standard InChI is InChI=1S/C6H15OSi/c1-8(2,3)6-4-5-7/h7H,1,4-6H2,2-3H3/q+1. The third-order valence-electron chi connectivity index (χ3n) is 1.01. The Bertz CT molecular complexity index is 56.0. The first-order valence-electron chi connectivity index (χ1n) is 3.02. The summed E-state index contributed by atoms with van der Waals surface area (Å²) in [7, 11) is -1.09. The van der Waals surface area contributed by atoms with E-state index in [1.807, 2.05) is 0 Å². The van der Waals surface area contributed by atoms with E-state index in [4.69, 9.17) is 5.11 Å². The molecule has 2 heteroatoms. The van der Waals surface area contributed by atoms with Crippen molar-refractivity contribution in [2.24, 2.45) is 0 Å². The predicted octanol–water partition coefficient (Wildman–Crippen LogP) is 1.45. The number of aliphatic hydroxyl groups excluding tert-OH is 1. The van der Waals surface area contributed by atoms with Gasteiger partial charge in [-0.05, 0) is 25.6 Å². The molecule has 0 fully saturated rings. The quantitative estimate of drug-likeness (QED) is 0.454. The van der Waals surface area contributed by atoms with Crippen LogP contribution in [-0.4, -0.2) is 19.8 Å². The van der Waals surface area contributed by atoms with E-state index in [0.29, 0.717) is 6.61 Å². The summed E-state index contributed by atoms with van der Waals surface area (Å²) in [6, 6.07) is 1.14. The lowest BCUT2D eigenvalue weighted by molar-refractivity contribution is 0.294. The first-order chi connectivity index (χ1) is 3.56. The molecule has 0 saturated heterocycles. The molecular formula is C6H15OSi+. The monoisotopic (exact) mass is 131 g/mol. The molecule has 0 saturated carbocycles. The highest BCUT2D eigenvalue weighted by atomic mass is 28.3. The lowest BCUT2D eigenvalue weighted by Crippen LogP contribution is -2.20. The summed E-state index contributed by atoms with van der Waals surface area (Å²) in [5.41, 5.74) is 0. The van der Waals surface area contributed by atoms with Gasteiger partial charge in [-0.1, -0.05) is 0 Å². The molecule has 0 aromatic rings. The smallest absolute Gasteiger partial charge is 0.259 e. The highest BCUT2D eigenvalue weighted by Crippen LogP contribution is 2.08. The number of hydrogen-bond donors (Lipinski definition) is 1. The van der Waals surface area contributed by atoms with Crippen molar-refractivity contribution in [1.82, 2.24) is 0 Å². The van der Waals surface area contributed by atoms with Crippen LogP contribution in [0.25, 0.3) is 0 Å². The molecule has 1 nitrogen and oxygen atoms in total. The van der Waals surface area contributed by atoms with Crippen molar-refractivity contribution in [3.8, 4) is 0 Å². The van der Waals surface area contributed by atoms with Gasteiger partial charge in [0, 0.05) is 13.2 Å². The molecule has 0 aromatic carbocycles. The maximum absolute atomic E-state index is 8.42. The Morgan fingerprint density at radius 2 is 2.00 bits per heavy atom. The maximum Gasteiger partial charge on any atom is 0.259 e. The van der Waals surface area contributed by atoms with Crippen molar-refractivity contribution in [2.45, 2.75) is 25.6 Å². The predicted molar refractivity (Wildman–Crippen MR) is 39.3 cm³/mol. The van der Waals surface area contributed by atoms with Gasteiger partial charge in [-0.3, -0.25) is 0 Å². The topological polar surface area (TPSA) is 20.2 Å². The molecule has 0 rings (SSSR count). The van der Waals surface area contributed by atoms with E-state index in [1.54, 1.807) is 0 Å². The molecule has 0 radical (unpaired) electrons. The fraction of sp³-hybridized carbons (Fsp3) is 0.833. The van der Waals surface area contributed by atoms with Gasteiger partial charge < -0.3 is 5.11 Å². The van der Waals surface area contributed by atoms with Crippen LogP contribution in [0.3, 0.4) is 0 Å². The number of aliphatic hydroxyl groups is 1.